The van der Waals surface area contributed by atoms with Gasteiger partial charge in [0.25, 0.3) is 5.89 Å². The number of methoxy groups -OCH3 is 1. The number of ether oxygens (including phenoxy) is 2. The zero-order valence-corrected chi connectivity index (χ0v) is 14.0. The van der Waals surface area contributed by atoms with E-state index in [9.17, 15) is 0 Å². The Balaban J connectivity index is 1.88. The van der Waals surface area contributed by atoms with Crippen molar-refractivity contribution in [3.63, 3.8) is 0 Å². The van der Waals surface area contributed by atoms with Crippen molar-refractivity contribution in [2.24, 2.45) is 0 Å². The van der Waals surface area contributed by atoms with Crippen LogP contribution in [0.5, 0.6) is 5.75 Å². The molecule has 0 unspecified atom stereocenters. The molecule has 23 heavy (non-hydrogen) atoms. The Bertz CT molecular complexity index is 672. The molecule has 0 aromatic carbocycles. The molecule has 2 aromatic heterocycles. The summed E-state index contributed by atoms with van der Waals surface area (Å²) in [5.41, 5.74) is 1.55. The van der Waals surface area contributed by atoms with Crippen molar-refractivity contribution in [2.45, 2.75) is 26.2 Å². The molecular weight excluding hydrogens is 296 g/mol. The summed E-state index contributed by atoms with van der Waals surface area (Å²) in [6, 6.07) is 2.41. The molecule has 1 saturated heterocycles. The summed E-state index contributed by atoms with van der Waals surface area (Å²) in [5.74, 6) is 1.17. The largest absolute Gasteiger partial charge is 0.495 e. The molecule has 0 spiro atoms. The number of aromatic nitrogens is 3. The van der Waals surface area contributed by atoms with E-state index in [0.29, 0.717) is 25.1 Å². The van der Waals surface area contributed by atoms with Crippen LogP contribution in [0.1, 0.15) is 26.5 Å². The smallest absolute Gasteiger partial charge is 0.318 e. The molecule has 0 amide bonds. The zero-order valence-electron chi connectivity index (χ0n) is 14.0. The maximum Gasteiger partial charge on any atom is 0.318 e. The average Bonchev–Trinajstić information content (AvgIpc) is 3.04. The fourth-order valence-electron chi connectivity index (χ4n) is 2.49. The van der Waals surface area contributed by atoms with Crippen molar-refractivity contribution in [1.82, 2.24) is 15.2 Å². The number of morpholine rings is 1. The molecule has 124 valence electrons. The molecule has 0 saturated carbocycles. The molecule has 3 heterocycles. The normalized spacial score (nSPS) is 15.7. The van der Waals surface area contributed by atoms with E-state index in [1.807, 2.05) is 11.0 Å². The quantitative estimate of drug-likeness (QED) is 0.859. The molecule has 7 nitrogen and oxygen atoms in total. The first-order valence-electron chi connectivity index (χ1n) is 7.70. The summed E-state index contributed by atoms with van der Waals surface area (Å²) in [5, 5.41) is 8.26. The van der Waals surface area contributed by atoms with E-state index in [1.165, 1.54) is 0 Å². The summed E-state index contributed by atoms with van der Waals surface area (Å²) in [7, 11) is 1.64. The van der Waals surface area contributed by atoms with E-state index in [2.05, 4.69) is 36.0 Å². The number of hydrogen-bond acceptors (Lipinski definition) is 7. The van der Waals surface area contributed by atoms with Crippen molar-refractivity contribution in [2.75, 3.05) is 38.3 Å². The van der Waals surface area contributed by atoms with E-state index in [4.69, 9.17) is 13.9 Å². The molecule has 1 fully saturated rings. The molecule has 7 heteroatoms. The van der Waals surface area contributed by atoms with Crippen LogP contribution in [0.25, 0.3) is 11.5 Å². The average molecular weight is 318 g/mol. The van der Waals surface area contributed by atoms with Gasteiger partial charge in [-0.05, 0) is 6.07 Å². The molecule has 1 aliphatic heterocycles. The van der Waals surface area contributed by atoms with Crippen LogP contribution in [-0.2, 0) is 10.2 Å². The molecule has 3 rings (SSSR count). The molecule has 0 radical (unpaired) electrons. The van der Waals surface area contributed by atoms with Gasteiger partial charge in [0.2, 0.25) is 0 Å². The van der Waals surface area contributed by atoms with Gasteiger partial charge in [0.15, 0.2) is 0 Å². The van der Waals surface area contributed by atoms with Crippen molar-refractivity contribution in [3.05, 3.63) is 18.0 Å². The highest BCUT2D eigenvalue weighted by Crippen LogP contribution is 2.32. The first kappa shape index (κ1) is 15.7. The zero-order chi connectivity index (χ0) is 16.4. The highest BCUT2D eigenvalue weighted by atomic mass is 16.5. The Morgan fingerprint density at radius 3 is 2.57 bits per heavy atom. The van der Waals surface area contributed by atoms with E-state index >= 15 is 0 Å². The van der Waals surface area contributed by atoms with Crippen LogP contribution in [0, 0.1) is 0 Å². The SMILES string of the molecule is COc1cc(-c2nnc(N3CCOCC3)o2)cnc1C(C)(C)C. The van der Waals surface area contributed by atoms with Crippen molar-refractivity contribution in [1.29, 1.82) is 0 Å². The van der Waals surface area contributed by atoms with Gasteiger partial charge < -0.3 is 18.8 Å². The molecular formula is C16H22N4O3. The van der Waals surface area contributed by atoms with Gasteiger partial charge >= 0.3 is 6.01 Å². The lowest BCUT2D eigenvalue weighted by Gasteiger charge is -2.24. The second-order valence-electron chi connectivity index (χ2n) is 6.51. The van der Waals surface area contributed by atoms with Crippen LogP contribution in [0.3, 0.4) is 0 Å². The molecule has 0 aliphatic carbocycles. The van der Waals surface area contributed by atoms with Gasteiger partial charge in [0.05, 0.1) is 31.6 Å². The maximum absolute atomic E-state index is 5.79. The van der Waals surface area contributed by atoms with Crippen LogP contribution >= 0.6 is 0 Å². The lowest BCUT2D eigenvalue weighted by molar-refractivity contribution is 0.120. The number of pyridine rings is 1. The fraction of sp³-hybridized carbons (Fsp3) is 0.562. The van der Waals surface area contributed by atoms with E-state index in [1.54, 1.807) is 13.3 Å². The second kappa shape index (κ2) is 6.16. The maximum atomic E-state index is 5.79. The highest BCUT2D eigenvalue weighted by molar-refractivity contribution is 5.56. The topological polar surface area (TPSA) is 73.5 Å². The molecule has 1 aliphatic rings. The monoisotopic (exact) mass is 318 g/mol. The minimum atomic E-state index is -0.0995. The Hall–Kier alpha value is -2.15. The first-order chi connectivity index (χ1) is 11.0. The van der Waals surface area contributed by atoms with Crippen molar-refractivity contribution < 1.29 is 13.9 Å². The first-order valence-corrected chi connectivity index (χ1v) is 7.70. The van der Waals surface area contributed by atoms with Crippen LogP contribution in [-0.4, -0.2) is 48.6 Å². The number of rotatable bonds is 3. The minimum Gasteiger partial charge on any atom is -0.495 e. The highest BCUT2D eigenvalue weighted by Gasteiger charge is 2.23. The number of hydrogen-bond donors (Lipinski definition) is 0. The fourth-order valence-corrected chi connectivity index (χ4v) is 2.49. The van der Waals surface area contributed by atoms with Gasteiger partial charge in [-0.3, -0.25) is 4.98 Å². The van der Waals surface area contributed by atoms with Crippen LogP contribution in [0.2, 0.25) is 0 Å². The van der Waals surface area contributed by atoms with Crippen molar-refractivity contribution in [3.8, 4) is 17.2 Å². The third-order valence-electron chi connectivity index (χ3n) is 3.73. The van der Waals surface area contributed by atoms with Gasteiger partial charge in [0, 0.05) is 24.7 Å². The minimum absolute atomic E-state index is 0.0995. The lowest BCUT2D eigenvalue weighted by Crippen LogP contribution is -2.36. The second-order valence-corrected chi connectivity index (χ2v) is 6.51. The summed E-state index contributed by atoms with van der Waals surface area (Å²) in [6.45, 7) is 9.15. The summed E-state index contributed by atoms with van der Waals surface area (Å²) >= 11 is 0. The third-order valence-corrected chi connectivity index (χ3v) is 3.73. The Kier molecular flexibility index (Phi) is 4.21. The van der Waals surface area contributed by atoms with Gasteiger partial charge in [-0.15, -0.1) is 5.10 Å². The third kappa shape index (κ3) is 3.29. The predicted molar refractivity (Wildman–Crippen MR) is 85.8 cm³/mol. The molecule has 0 bridgehead atoms. The molecule has 0 N–H and O–H groups in total. The van der Waals surface area contributed by atoms with Gasteiger partial charge in [-0.25, -0.2) is 0 Å². The Morgan fingerprint density at radius 1 is 1.17 bits per heavy atom. The van der Waals surface area contributed by atoms with E-state index in [0.717, 1.165) is 30.1 Å². The van der Waals surface area contributed by atoms with E-state index < -0.39 is 0 Å². The Labute approximate surface area is 135 Å². The number of nitrogens with zero attached hydrogens (tertiary/aromatic N) is 4. The number of anilines is 1. The summed E-state index contributed by atoms with van der Waals surface area (Å²) < 4.78 is 16.6. The Morgan fingerprint density at radius 2 is 1.91 bits per heavy atom. The van der Waals surface area contributed by atoms with Crippen molar-refractivity contribution >= 4 is 6.01 Å². The van der Waals surface area contributed by atoms with Crippen LogP contribution in [0.4, 0.5) is 6.01 Å². The predicted octanol–water partition coefficient (Wildman–Crippen LogP) is 2.27. The van der Waals surface area contributed by atoms with Crippen LogP contribution < -0.4 is 9.64 Å². The molecule has 0 atom stereocenters. The van der Waals surface area contributed by atoms with Crippen LogP contribution in [0.15, 0.2) is 16.7 Å². The van der Waals surface area contributed by atoms with Gasteiger partial charge in [0.1, 0.15) is 5.75 Å². The van der Waals surface area contributed by atoms with Gasteiger partial charge in [-0.1, -0.05) is 25.9 Å². The summed E-state index contributed by atoms with van der Waals surface area (Å²) in [4.78, 5) is 6.55. The summed E-state index contributed by atoms with van der Waals surface area (Å²) in [6.07, 6.45) is 1.75. The molecule has 2 aromatic rings. The lowest BCUT2D eigenvalue weighted by atomic mass is 9.90. The standard InChI is InChI=1S/C16H22N4O3/c1-16(2,3)13-12(21-4)9-11(10-17-13)14-18-19-15(23-14)20-5-7-22-8-6-20/h9-10H,5-8H2,1-4H3. The van der Waals surface area contributed by atoms with Gasteiger partial charge in [-0.2, -0.15) is 0 Å². The van der Waals surface area contributed by atoms with E-state index in [-0.39, 0.29) is 5.41 Å².